The Kier molecular flexibility index (Phi) is 3.44. The minimum absolute atomic E-state index is 0.131. The topological polar surface area (TPSA) is 119 Å². The van der Waals surface area contributed by atoms with Crippen LogP contribution in [0.4, 0.5) is 23.3 Å². The Bertz CT molecular complexity index is 1230. The predicted octanol–water partition coefficient (Wildman–Crippen LogP) is 4.14. The van der Waals surface area contributed by atoms with Crippen LogP contribution in [-0.4, -0.2) is 20.2 Å². The Morgan fingerprint density at radius 3 is 2.70 bits per heavy atom. The zero-order valence-corrected chi connectivity index (χ0v) is 14.9. The van der Waals surface area contributed by atoms with Gasteiger partial charge in [-0.05, 0) is 29.7 Å². The van der Waals surface area contributed by atoms with Gasteiger partial charge in [0.15, 0.2) is 0 Å². The molecule has 6 N–H and O–H groups in total. The van der Waals surface area contributed by atoms with Crippen LogP contribution in [0.25, 0.3) is 31.4 Å². The Morgan fingerprint density at radius 1 is 0.963 bits per heavy atom. The molecule has 2 aromatic carbocycles. The molecule has 0 fully saturated rings. The smallest absolute Gasteiger partial charge is 0.223 e. The van der Waals surface area contributed by atoms with E-state index >= 15 is 0 Å². The number of nitrogens with two attached hydrogens (primary N) is 2. The van der Waals surface area contributed by atoms with Crippen LogP contribution in [0.1, 0.15) is 0 Å². The van der Waals surface area contributed by atoms with E-state index in [-0.39, 0.29) is 5.95 Å². The van der Waals surface area contributed by atoms with Gasteiger partial charge in [-0.2, -0.15) is 15.1 Å². The second-order valence-electron chi connectivity index (χ2n) is 6.17. The number of nitrogen functional groups attached to an aromatic ring is 2. The second kappa shape index (κ2) is 5.96. The van der Waals surface area contributed by atoms with Crippen LogP contribution < -0.4 is 16.8 Å². The average Bonchev–Trinajstić information content (AvgIpc) is 3.26. The Balaban J connectivity index is 1.64. The minimum atomic E-state index is 0.131. The number of hydrogen-bond acceptors (Lipinski definition) is 7. The van der Waals surface area contributed by atoms with Gasteiger partial charge in [0.25, 0.3) is 0 Å². The molecule has 0 aliphatic heterocycles. The fourth-order valence-corrected chi connectivity index (χ4v) is 4.22. The van der Waals surface area contributed by atoms with Crippen molar-refractivity contribution in [1.29, 1.82) is 0 Å². The molecule has 0 saturated heterocycles. The number of nitrogens with zero attached hydrogens (tertiary/aromatic N) is 3. The summed E-state index contributed by atoms with van der Waals surface area (Å²) in [5.41, 5.74) is 14.4. The van der Waals surface area contributed by atoms with Gasteiger partial charge in [0, 0.05) is 32.3 Å². The summed E-state index contributed by atoms with van der Waals surface area (Å²) in [6.07, 6.45) is 1.81. The quantitative estimate of drug-likeness (QED) is 0.377. The van der Waals surface area contributed by atoms with Crippen molar-refractivity contribution >= 4 is 55.6 Å². The van der Waals surface area contributed by atoms with Gasteiger partial charge in [-0.15, -0.1) is 11.3 Å². The normalized spacial score (nSPS) is 11.3. The summed E-state index contributed by atoms with van der Waals surface area (Å²) in [6, 6.07) is 16.3. The molecular formula is C19H15N7S. The van der Waals surface area contributed by atoms with Gasteiger partial charge in [-0.1, -0.05) is 18.2 Å². The Morgan fingerprint density at radius 2 is 1.85 bits per heavy atom. The van der Waals surface area contributed by atoms with Crippen molar-refractivity contribution in [1.82, 2.24) is 20.2 Å². The molecule has 27 heavy (non-hydrogen) atoms. The second-order valence-corrected chi connectivity index (χ2v) is 7.25. The lowest BCUT2D eigenvalue weighted by molar-refractivity contribution is 1.12. The van der Waals surface area contributed by atoms with Gasteiger partial charge in [-0.25, -0.2) is 0 Å². The van der Waals surface area contributed by atoms with E-state index in [4.69, 9.17) is 11.5 Å². The molecule has 3 heterocycles. The summed E-state index contributed by atoms with van der Waals surface area (Å²) in [6.45, 7) is 0. The maximum Gasteiger partial charge on any atom is 0.223 e. The predicted molar refractivity (Wildman–Crippen MR) is 111 cm³/mol. The van der Waals surface area contributed by atoms with Crippen LogP contribution in [-0.2, 0) is 0 Å². The van der Waals surface area contributed by atoms with E-state index in [2.05, 4.69) is 55.8 Å². The molecule has 0 saturated carbocycles. The first-order chi connectivity index (χ1) is 13.2. The lowest BCUT2D eigenvalue weighted by Gasteiger charge is -2.09. The van der Waals surface area contributed by atoms with Gasteiger partial charge < -0.3 is 16.8 Å². The highest BCUT2D eigenvalue weighted by Gasteiger charge is 2.12. The van der Waals surface area contributed by atoms with Crippen LogP contribution in [0.3, 0.4) is 0 Å². The van der Waals surface area contributed by atoms with Crippen LogP contribution in [0.2, 0.25) is 0 Å². The maximum absolute atomic E-state index is 5.77. The van der Waals surface area contributed by atoms with Crippen molar-refractivity contribution in [2.24, 2.45) is 0 Å². The number of H-pyrrole nitrogens is 1. The molecule has 0 amide bonds. The lowest BCUT2D eigenvalue weighted by Crippen LogP contribution is -2.03. The summed E-state index contributed by atoms with van der Waals surface area (Å²) >= 11 is 1.75. The van der Waals surface area contributed by atoms with Gasteiger partial charge >= 0.3 is 0 Å². The van der Waals surface area contributed by atoms with Crippen LogP contribution in [0.15, 0.2) is 54.7 Å². The molecule has 0 aliphatic rings. The van der Waals surface area contributed by atoms with Gasteiger partial charge in [0.05, 0.1) is 11.7 Å². The highest BCUT2D eigenvalue weighted by Crippen LogP contribution is 2.38. The molecule has 132 valence electrons. The highest BCUT2D eigenvalue weighted by molar-refractivity contribution is 7.22. The fraction of sp³-hybridized carbons (Fsp3) is 0. The van der Waals surface area contributed by atoms with Crippen molar-refractivity contribution in [2.45, 2.75) is 0 Å². The van der Waals surface area contributed by atoms with Crippen molar-refractivity contribution < 1.29 is 0 Å². The first kappa shape index (κ1) is 15.6. The van der Waals surface area contributed by atoms with Crippen molar-refractivity contribution in [3.8, 4) is 10.4 Å². The number of fused-ring (bicyclic) bond motifs is 2. The molecule has 5 rings (SSSR count). The number of hydrogen-bond donors (Lipinski definition) is 4. The van der Waals surface area contributed by atoms with Crippen LogP contribution in [0.5, 0.6) is 0 Å². The van der Waals surface area contributed by atoms with Crippen molar-refractivity contribution in [2.75, 3.05) is 16.8 Å². The summed E-state index contributed by atoms with van der Waals surface area (Å²) in [5, 5.41) is 12.8. The average molecular weight is 373 g/mol. The molecular weight excluding hydrogens is 358 g/mol. The third-order valence-corrected chi connectivity index (χ3v) is 5.42. The Labute approximate surface area is 158 Å². The fourth-order valence-electron chi connectivity index (χ4n) is 3.14. The van der Waals surface area contributed by atoms with E-state index in [1.54, 1.807) is 23.6 Å². The van der Waals surface area contributed by atoms with Gasteiger partial charge in [0.2, 0.25) is 5.95 Å². The Hall–Kier alpha value is -3.65. The van der Waals surface area contributed by atoms with Crippen molar-refractivity contribution in [3.63, 3.8) is 0 Å². The van der Waals surface area contributed by atoms with Crippen molar-refractivity contribution in [3.05, 3.63) is 54.7 Å². The molecule has 0 spiro atoms. The molecule has 3 aromatic heterocycles. The third-order valence-electron chi connectivity index (χ3n) is 4.28. The lowest BCUT2D eigenvalue weighted by atomic mass is 10.1. The van der Waals surface area contributed by atoms with E-state index in [0.29, 0.717) is 11.6 Å². The molecule has 0 unspecified atom stereocenters. The first-order valence-electron chi connectivity index (χ1n) is 8.29. The van der Waals surface area contributed by atoms with Crippen LogP contribution in [0, 0.1) is 0 Å². The first-order valence-corrected chi connectivity index (χ1v) is 9.10. The number of aromatic amines is 1. The molecule has 8 heteroatoms. The summed E-state index contributed by atoms with van der Waals surface area (Å²) < 4.78 is 1.25. The summed E-state index contributed by atoms with van der Waals surface area (Å²) in [7, 11) is 0. The molecule has 7 nitrogen and oxygen atoms in total. The molecule has 0 atom stereocenters. The zero-order chi connectivity index (χ0) is 18.4. The van der Waals surface area contributed by atoms with E-state index < -0.39 is 0 Å². The monoisotopic (exact) mass is 373 g/mol. The zero-order valence-electron chi connectivity index (χ0n) is 14.1. The third kappa shape index (κ3) is 2.81. The van der Waals surface area contributed by atoms with E-state index in [9.17, 15) is 0 Å². The standard InChI is InChI=1S/C19H15N7S/c20-16-8-17(25-19(21)24-16)23-12-5-11-9-22-26-18(11)13(7-12)15-6-10-3-1-2-4-14(10)27-15/h1-9H,(H,22,26)(H5,20,21,23,24,25). The van der Waals surface area contributed by atoms with Crippen LogP contribution >= 0.6 is 11.3 Å². The molecule has 5 aromatic rings. The number of aromatic nitrogens is 4. The minimum Gasteiger partial charge on any atom is -0.383 e. The SMILES string of the molecule is Nc1cc(Nc2cc(-c3cc4ccccc4s3)c3[nH]ncc3c2)nc(N)n1. The number of rotatable bonds is 3. The number of nitrogens with one attached hydrogen (secondary N) is 2. The van der Waals surface area contributed by atoms with E-state index in [1.165, 1.54) is 10.1 Å². The van der Waals surface area contributed by atoms with Gasteiger partial charge in [0.1, 0.15) is 11.6 Å². The largest absolute Gasteiger partial charge is 0.383 e. The maximum atomic E-state index is 5.77. The number of thiophene rings is 1. The highest BCUT2D eigenvalue weighted by atomic mass is 32.1. The number of anilines is 4. The number of benzene rings is 2. The summed E-state index contributed by atoms with van der Waals surface area (Å²) in [5.74, 6) is 0.996. The van der Waals surface area contributed by atoms with Gasteiger partial charge in [-0.3, -0.25) is 5.10 Å². The van der Waals surface area contributed by atoms with E-state index in [0.717, 1.165) is 27.0 Å². The molecule has 0 aliphatic carbocycles. The molecule has 0 bridgehead atoms. The summed E-state index contributed by atoms with van der Waals surface area (Å²) in [4.78, 5) is 9.25. The van der Waals surface area contributed by atoms with E-state index in [1.807, 2.05) is 12.1 Å². The molecule has 0 radical (unpaired) electrons.